The van der Waals surface area contributed by atoms with Crippen LogP contribution in [0.25, 0.3) is 0 Å². The smallest absolute Gasteiger partial charge is 0.221 e. The molecule has 5 heteroatoms. The van der Waals surface area contributed by atoms with Crippen LogP contribution in [-0.2, 0) is 17.9 Å². The van der Waals surface area contributed by atoms with Gasteiger partial charge in [0, 0.05) is 45.3 Å². The second-order valence-electron chi connectivity index (χ2n) is 6.71. The van der Waals surface area contributed by atoms with Gasteiger partial charge in [0.15, 0.2) is 0 Å². The number of rotatable bonds is 5. The van der Waals surface area contributed by atoms with Gasteiger partial charge in [0.05, 0.1) is 6.07 Å². The topological polar surface area (TPSA) is 59.4 Å². The molecule has 1 aliphatic heterocycles. The molecule has 0 saturated carbocycles. The Morgan fingerprint density at radius 3 is 2.42 bits per heavy atom. The first kappa shape index (κ1) is 18.1. The molecule has 134 valence electrons. The monoisotopic (exact) mass is 348 g/mol. The summed E-state index contributed by atoms with van der Waals surface area (Å²) < 4.78 is 0. The van der Waals surface area contributed by atoms with E-state index in [0.717, 1.165) is 38.4 Å². The normalized spacial score (nSPS) is 18.2. The molecule has 1 N–H and O–H groups in total. The summed E-state index contributed by atoms with van der Waals surface area (Å²) in [5.74, 6) is -0.0656. The third kappa shape index (κ3) is 4.92. The highest BCUT2D eigenvalue weighted by molar-refractivity contribution is 5.88. The summed E-state index contributed by atoms with van der Waals surface area (Å²) in [4.78, 5) is 15.7. The average molecular weight is 348 g/mol. The van der Waals surface area contributed by atoms with Gasteiger partial charge in [0.1, 0.15) is 6.04 Å². The number of piperazine rings is 1. The van der Waals surface area contributed by atoms with Crippen molar-refractivity contribution in [3.63, 3.8) is 0 Å². The molecular weight excluding hydrogens is 324 g/mol. The summed E-state index contributed by atoms with van der Waals surface area (Å²) in [6, 6.07) is 20.6. The van der Waals surface area contributed by atoms with Gasteiger partial charge in [-0.2, -0.15) is 5.26 Å². The van der Waals surface area contributed by atoms with Gasteiger partial charge in [0.2, 0.25) is 5.91 Å². The molecule has 1 heterocycles. The summed E-state index contributed by atoms with van der Waals surface area (Å²) in [7, 11) is 0. The van der Waals surface area contributed by atoms with Crippen LogP contribution in [0.1, 0.15) is 18.1 Å². The minimum Gasteiger partial charge on any atom is -0.326 e. The summed E-state index contributed by atoms with van der Waals surface area (Å²) in [6.07, 6.45) is 0. The first-order chi connectivity index (χ1) is 12.6. The van der Waals surface area contributed by atoms with Crippen molar-refractivity contribution in [1.29, 1.82) is 5.26 Å². The van der Waals surface area contributed by atoms with Crippen molar-refractivity contribution in [2.75, 3.05) is 25.0 Å². The van der Waals surface area contributed by atoms with Crippen LogP contribution in [-0.4, -0.2) is 41.4 Å². The van der Waals surface area contributed by atoms with E-state index in [0.29, 0.717) is 0 Å². The molecular formula is C21H24N4O. The first-order valence-electron chi connectivity index (χ1n) is 8.90. The molecule has 1 aliphatic rings. The molecule has 0 aromatic heterocycles. The first-order valence-corrected chi connectivity index (χ1v) is 8.90. The maximum Gasteiger partial charge on any atom is 0.221 e. The minimum absolute atomic E-state index is 0.0656. The van der Waals surface area contributed by atoms with Crippen LogP contribution in [0.5, 0.6) is 0 Å². The molecule has 5 nitrogen and oxygen atoms in total. The number of nitrogens with zero attached hydrogens (tertiary/aromatic N) is 3. The van der Waals surface area contributed by atoms with Crippen LogP contribution in [0.3, 0.4) is 0 Å². The highest BCUT2D eigenvalue weighted by Gasteiger charge is 2.26. The van der Waals surface area contributed by atoms with E-state index in [4.69, 9.17) is 0 Å². The molecule has 2 aromatic rings. The van der Waals surface area contributed by atoms with E-state index in [1.807, 2.05) is 42.5 Å². The molecule has 0 aliphatic carbocycles. The van der Waals surface area contributed by atoms with Crippen LogP contribution in [0, 0.1) is 11.3 Å². The van der Waals surface area contributed by atoms with E-state index in [-0.39, 0.29) is 11.9 Å². The fourth-order valence-electron chi connectivity index (χ4n) is 3.31. The van der Waals surface area contributed by atoms with E-state index in [2.05, 4.69) is 33.3 Å². The highest BCUT2D eigenvalue weighted by Crippen LogP contribution is 2.17. The number of anilines is 1. The summed E-state index contributed by atoms with van der Waals surface area (Å²) in [6.45, 7) is 5.72. The van der Waals surface area contributed by atoms with Crippen molar-refractivity contribution < 1.29 is 4.79 Å². The molecule has 3 rings (SSSR count). The van der Waals surface area contributed by atoms with Gasteiger partial charge in [-0.1, -0.05) is 42.5 Å². The maximum atomic E-state index is 11.1. The summed E-state index contributed by atoms with van der Waals surface area (Å²) in [5.41, 5.74) is 3.24. The third-order valence-corrected chi connectivity index (χ3v) is 4.63. The van der Waals surface area contributed by atoms with Crippen molar-refractivity contribution in [3.05, 3.63) is 65.7 Å². The van der Waals surface area contributed by atoms with Gasteiger partial charge in [-0.05, 0) is 23.3 Å². The van der Waals surface area contributed by atoms with Gasteiger partial charge < -0.3 is 5.32 Å². The van der Waals surface area contributed by atoms with Crippen molar-refractivity contribution in [1.82, 2.24) is 9.80 Å². The number of hydrogen-bond donors (Lipinski definition) is 1. The Balaban J connectivity index is 1.57. The molecule has 0 unspecified atom stereocenters. The number of carbonyl (C=O) groups is 1. The Bertz CT molecular complexity index is 767. The number of amides is 1. The van der Waals surface area contributed by atoms with Crippen LogP contribution in [0.4, 0.5) is 5.69 Å². The van der Waals surface area contributed by atoms with Gasteiger partial charge in [-0.25, -0.2) is 0 Å². The largest absolute Gasteiger partial charge is 0.326 e. The molecule has 1 amide bonds. The summed E-state index contributed by atoms with van der Waals surface area (Å²) >= 11 is 0. The Labute approximate surface area is 154 Å². The molecule has 2 aromatic carbocycles. The lowest BCUT2D eigenvalue weighted by atomic mass is 10.1. The van der Waals surface area contributed by atoms with Crippen LogP contribution < -0.4 is 5.32 Å². The zero-order valence-corrected chi connectivity index (χ0v) is 15.1. The number of carbonyl (C=O) groups excluding carboxylic acids is 1. The lowest BCUT2D eigenvalue weighted by Crippen LogP contribution is -2.51. The predicted octanol–water partition coefficient (Wildman–Crippen LogP) is 2.85. The molecule has 1 saturated heterocycles. The highest BCUT2D eigenvalue weighted by atomic mass is 16.1. The van der Waals surface area contributed by atoms with Crippen molar-refractivity contribution in [3.8, 4) is 6.07 Å². The number of nitrogens with one attached hydrogen (secondary N) is 1. The fraction of sp³-hybridized carbons (Fsp3) is 0.333. The zero-order valence-electron chi connectivity index (χ0n) is 15.1. The van der Waals surface area contributed by atoms with E-state index in [1.54, 1.807) is 0 Å². The zero-order chi connectivity index (χ0) is 18.4. The Morgan fingerprint density at radius 2 is 1.77 bits per heavy atom. The van der Waals surface area contributed by atoms with Gasteiger partial charge in [-0.3, -0.25) is 14.6 Å². The second kappa shape index (κ2) is 8.61. The molecule has 26 heavy (non-hydrogen) atoms. The molecule has 0 bridgehead atoms. The Morgan fingerprint density at radius 1 is 1.08 bits per heavy atom. The van der Waals surface area contributed by atoms with E-state index < -0.39 is 0 Å². The van der Waals surface area contributed by atoms with E-state index in [9.17, 15) is 10.1 Å². The van der Waals surface area contributed by atoms with Gasteiger partial charge >= 0.3 is 0 Å². The quantitative estimate of drug-likeness (QED) is 0.903. The van der Waals surface area contributed by atoms with E-state index >= 15 is 0 Å². The van der Waals surface area contributed by atoms with Crippen molar-refractivity contribution in [2.24, 2.45) is 0 Å². The van der Waals surface area contributed by atoms with E-state index in [1.165, 1.54) is 18.1 Å². The minimum atomic E-state index is -0.0948. The van der Waals surface area contributed by atoms with Crippen LogP contribution in [0.15, 0.2) is 54.6 Å². The fourth-order valence-corrected chi connectivity index (χ4v) is 3.31. The average Bonchev–Trinajstić information content (AvgIpc) is 2.65. The summed E-state index contributed by atoms with van der Waals surface area (Å²) in [5, 5.41) is 12.4. The third-order valence-electron chi connectivity index (χ3n) is 4.63. The number of benzene rings is 2. The predicted molar refractivity (Wildman–Crippen MR) is 102 cm³/mol. The maximum absolute atomic E-state index is 11.1. The van der Waals surface area contributed by atoms with Crippen molar-refractivity contribution in [2.45, 2.75) is 26.1 Å². The number of hydrogen-bond acceptors (Lipinski definition) is 4. The Kier molecular flexibility index (Phi) is 6.00. The second-order valence-corrected chi connectivity index (χ2v) is 6.71. The van der Waals surface area contributed by atoms with Gasteiger partial charge in [-0.15, -0.1) is 0 Å². The number of nitriles is 1. The Hall–Kier alpha value is -2.68. The lowest BCUT2D eigenvalue weighted by Gasteiger charge is -2.38. The lowest BCUT2D eigenvalue weighted by molar-refractivity contribution is -0.114. The SMILES string of the molecule is CC(=O)Nc1ccc(CN2CCN(Cc3ccccc3)[C@@H](C#N)C2)cc1. The van der Waals surface area contributed by atoms with Crippen LogP contribution >= 0.6 is 0 Å². The van der Waals surface area contributed by atoms with Gasteiger partial charge in [0.25, 0.3) is 0 Å². The van der Waals surface area contributed by atoms with Crippen LogP contribution in [0.2, 0.25) is 0 Å². The van der Waals surface area contributed by atoms with Crippen molar-refractivity contribution >= 4 is 11.6 Å². The molecule has 1 fully saturated rings. The molecule has 1 atom stereocenters. The molecule has 0 radical (unpaired) electrons. The standard InChI is InChI=1S/C21H24N4O/c1-17(26)23-20-9-7-19(8-10-20)14-24-11-12-25(21(13-22)16-24)15-18-5-3-2-4-6-18/h2-10,21H,11-12,14-16H2,1H3,(H,23,26)/t21-/m0/s1. The molecule has 0 spiro atoms.